The topological polar surface area (TPSA) is 24.9 Å². The Labute approximate surface area is 112 Å². The van der Waals surface area contributed by atoms with Gasteiger partial charge in [0.15, 0.2) is 11.6 Å². The number of nitrogens with one attached hydrogen (secondary N) is 1. The molecule has 6 heteroatoms. The number of pyridine rings is 1. The smallest absolute Gasteiger partial charge is 0.167 e. The van der Waals surface area contributed by atoms with Gasteiger partial charge in [-0.1, -0.05) is 40.9 Å². The number of rotatable bonds is 2. The van der Waals surface area contributed by atoms with E-state index in [0.29, 0.717) is 15.7 Å². The lowest BCUT2D eigenvalue weighted by atomic mass is 10.3. The molecule has 0 radical (unpaired) electrons. The van der Waals surface area contributed by atoms with Gasteiger partial charge in [-0.15, -0.1) is 0 Å². The molecule has 0 fully saturated rings. The van der Waals surface area contributed by atoms with Gasteiger partial charge in [0.2, 0.25) is 0 Å². The Morgan fingerprint density at radius 2 is 1.94 bits per heavy atom. The largest absolute Gasteiger partial charge is 0.337 e. The van der Waals surface area contributed by atoms with Gasteiger partial charge in [0, 0.05) is 6.20 Å². The molecule has 0 saturated carbocycles. The highest BCUT2D eigenvalue weighted by atomic mass is 35.5. The molecule has 2 rings (SSSR count). The average Bonchev–Trinajstić information content (AvgIpc) is 2.28. The van der Waals surface area contributed by atoms with Crippen LogP contribution in [-0.4, -0.2) is 4.98 Å². The van der Waals surface area contributed by atoms with Crippen LogP contribution in [0, 0.1) is 5.82 Å². The maximum atomic E-state index is 13.5. The van der Waals surface area contributed by atoms with E-state index in [1.165, 1.54) is 6.20 Å². The third-order valence-corrected chi connectivity index (χ3v) is 3.04. The number of benzene rings is 1. The van der Waals surface area contributed by atoms with E-state index in [1.807, 2.05) is 0 Å². The Morgan fingerprint density at radius 1 is 1.18 bits per heavy atom. The number of nitrogens with zero attached hydrogens (tertiary/aromatic N) is 1. The second-order valence-electron chi connectivity index (χ2n) is 3.21. The van der Waals surface area contributed by atoms with Gasteiger partial charge in [0.1, 0.15) is 0 Å². The van der Waals surface area contributed by atoms with Crippen molar-refractivity contribution in [3.05, 3.63) is 51.3 Å². The van der Waals surface area contributed by atoms with Crippen molar-refractivity contribution in [2.75, 3.05) is 5.32 Å². The van der Waals surface area contributed by atoms with Crippen molar-refractivity contribution >= 4 is 46.3 Å². The van der Waals surface area contributed by atoms with Crippen LogP contribution >= 0.6 is 34.8 Å². The lowest BCUT2D eigenvalue weighted by Gasteiger charge is -2.09. The molecule has 88 valence electrons. The van der Waals surface area contributed by atoms with E-state index in [9.17, 15) is 4.39 Å². The van der Waals surface area contributed by atoms with Crippen LogP contribution in [0.3, 0.4) is 0 Å². The minimum absolute atomic E-state index is 0.0403. The fourth-order valence-electron chi connectivity index (χ4n) is 1.23. The number of hydrogen-bond donors (Lipinski definition) is 1. The van der Waals surface area contributed by atoms with Gasteiger partial charge in [0.25, 0.3) is 0 Å². The molecule has 0 unspecified atom stereocenters. The molecule has 0 atom stereocenters. The van der Waals surface area contributed by atoms with E-state index in [1.54, 1.807) is 18.2 Å². The molecule has 0 amide bonds. The van der Waals surface area contributed by atoms with Crippen molar-refractivity contribution in [3.63, 3.8) is 0 Å². The van der Waals surface area contributed by atoms with Crippen LogP contribution in [0.25, 0.3) is 0 Å². The normalized spacial score (nSPS) is 10.4. The van der Waals surface area contributed by atoms with E-state index in [0.717, 1.165) is 6.07 Å². The Morgan fingerprint density at radius 3 is 2.65 bits per heavy atom. The SMILES string of the molecule is Fc1cc(Cl)cnc1Nc1cccc(Cl)c1Cl. The molecular weight excluding hydrogens is 285 g/mol. The first-order valence-electron chi connectivity index (χ1n) is 4.60. The standard InChI is InChI=1S/C11H6Cl3FN2/c12-6-4-8(15)11(16-5-6)17-9-3-1-2-7(13)10(9)14/h1-5H,(H,16,17). The Kier molecular flexibility index (Phi) is 3.72. The lowest BCUT2D eigenvalue weighted by molar-refractivity contribution is 0.626. The minimum Gasteiger partial charge on any atom is -0.337 e. The van der Waals surface area contributed by atoms with Crippen LogP contribution in [0.2, 0.25) is 15.1 Å². The summed E-state index contributed by atoms with van der Waals surface area (Å²) in [5.74, 6) is -0.521. The average molecular weight is 292 g/mol. The van der Waals surface area contributed by atoms with Crippen molar-refractivity contribution in [2.45, 2.75) is 0 Å². The Hall–Kier alpha value is -1.03. The van der Waals surface area contributed by atoms with Crippen LogP contribution in [0.1, 0.15) is 0 Å². The summed E-state index contributed by atoms with van der Waals surface area (Å²) >= 11 is 17.4. The summed E-state index contributed by atoms with van der Waals surface area (Å²) in [7, 11) is 0. The molecule has 0 aliphatic carbocycles. The van der Waals surface area contributed by atoms with E-state index in [-0.39, 0.29) is 10.8 Å². The zero-order chi connectivity index (χ0) is 12.4. The quantitative estimate of drug-likeness (QED) is 0.849. The van der Waals surface area contributed by atoms with Gasteiger partial charge >= 0.3 is 0 Å². The zero-order valence-corrected chi connectivity index (χ0v) is 10.6. The van der Waals surface area contributed by atoms with Crippen LogP contribution in [0.15, 0.2) is 30.5 Å². The Bertz CT molecular complexity index is 560. The first kappa shape index (κ1) is 12.4. The van der Waals surface area contributed by atoms with E-state index >= 15 is 0 Å². The fraction of sp³-hybridized carbons (Fsp3) is 0. The predicted molar refractivity (Wildman–Crippen MR) is 68.9 cm³/mol. The van der Waals surface area contributed by atoms with Gasteiger partial charge in [-0.2, -0.15) is 0 Å². The van der Waals surface area contributed by atoms with Crippen molar-refractivity contribution in [1.82, 2.24) is 4.98 Å². The van der Waals surface area contributed by atoms with Gasteiger partial charge in [-0.25, -0.2) is 9.37 Å². The number of anilines is 2. The molecule has 0 aliphatic heterocycles. The number of hydrogen-bond acceptors (Lipinski definition) is 2. The molecule has 0 aliphatic rings. The molecule has 17 heavy (non-hydrogen) atoms. The molecule has 1 aromatic heterocycles. The predicted octanol–water partition coefficient (Wildman–Crippen LogP) is 4.92. The van der Waals surface area contributed by atoms with E-state index < -0.39 is 5.82 Å². The highest BCUT2D eigenvalue weighted by molar-refractivity contribution is 6.43. The van der Waals surface area contributed by atoms with Crippen molar-refractivity contribution in [1.29, 1.82) is 0 Å². The second-order valence-corrected chi connectivity index (χ2v) is 4.43. The van der Waals surface area contributed by atoms with E-state index in [4.69, 9.17) is 34.8 Å². The summed E-state index contributed by atoms with van der Waals surface area (Å²) < 4.78 is 13.5. The highest BCUT2D eigenvalue weighted by Crippen LogP contribution is 2.32. The first-order valence-corrected chi connectivity index (χ1v) is 5.73. The summed E-state index contributed by atoms with van der Waals surface area (Å²) in [6, 6.07) is 6.17. The van der Waals surface area contributed by atoms with Gasteiger partial charge in [-0.05, 0) is 18.2 Å². The van der Waals surface area contributed by atoms with Crippen LogP contribution in [0.4, 0.5) is 15.9 Å². The maximum Gasteiger partial charge on any atom is 0.167 e. The fourth-order valence-corrected chi connectivity index (χ4v) is 1.73. The lowest BCUT2D eigenvalue weighted by Crippen LogP contribution is -1.97. The van der Waals surface area contributed by atoms with Crippen LogP contribution < -0.4 is 5.32 Å². The monoisotopic (exact) mass is 290 g/mol. The zero-order valence-electron chi connectivity index (χ0n) is 8.35. The third-order valence-electron chi connectivity index (χ3n) is 2.01. The highest BCUT2D eigenvalue weighted by Gasteiger charge is 2.08. The molecule has 2 nitrogen and oxygen atoms in total. The number of halogens is 4. The second kappa shape index (κ2) is 5.08. The molecule has 1 heterocycles. The van der Waals surface area contributed by atoms with Crippen LogP contribution in [0.5, 0.6) is 0 Å². The van der Waals surface area contributed by atoms with Gasteiger partial charge in [0.05, 0.1) is 20.8 Å². The Balaban J connectivity index is 2.35. The van der Waals surface area contributed by atoms with E-state index in [2.05, 4.69) is 10.3 Å². The number of aromatic nitrogens is 1. The van der Waals surface area contributed by atoms with Crippen molar-refractivity contribution in [3.8, 4) is 0 Å². The first-order chi connectivity index (χ1) is 8.08. The summed E-state index contributed by atoms with van der Waals surface area (Å²) in [5, 5.41) is 3.67. The molecule has 1 N–H and O–H groups in total. The molecular formula is C11H6Cl3FN2. The molecule has 0 saturated heterocycles. The molecule has 0 bridgehead atoms. The third kappa shape index (κ3) is 2.80. The minimum atomic E-state index is -0.562. The molecule has 2 aromatic rings. The van der Waals surface area contributed by atoms with Gasteiger partial charge in [-0.3, -0.25) is 0 Å². The molecule has 1 aromatic carbocycles. The maximum absolute atomic E-state index is 13.5. The van der Waals surface area contributed by atoms with Crippen molar-refractivity contribution < 1.29 is 4.39 Å². The summed E-state index contributed by atoms with van der Waals surface area (Å²) in [5.41, 5.74) is 0.480. The summed E-state index contributed by atoms with van der Waals surface area (Å²) in [6.45, 7) is 0. The summed E-state index contributed by atoms with van der Waals surface area (Å²) in [4.78, 5) is 3.82. The van der Waals surface area contributed by atoms with Crippen molar-refractivity contribution in [2.24, 2.45) is 0 Å². The molecule has 0 spiro atoms. The van der Waals surface area contributed by atoms with Crippen LogP contribution in [-0.2, 0) is 0 Å². The van der Waals surface area contributed by atoms with Gasteiger partial charge < -0.3 is 5.32 Å². The summed E-state index contributed by atoms with van der Waals surface area (Å²) in [6.07, 6.45) is 1.34.